The highest BCUT2D eigenvalue weighted by Gasteiger charge is 2.24. The number of hydrogen-bond donors (Lipinski definition) is 3. The molecule has 0 spiro atoms. The number of nitrogens with zero attached hydrogens (tertiary/aromatic N) is 1. The van der Waals surface area contributed by atoms with E-state index in [0.717, 1.165) is 5.39 Å². The number of anilines is 1. The summed E-state index contributed by atoms with van der Waals surface area (Å²) >= 11 is 0. The van der Waals surface area contributed by atoms with Crippen molar-refractivity contribution < 1.29 is 9.59 Å². The molecule has 6 nitrogen and oxygen atoms in total. The van der Waals surface area contributed by atoms with E-state index in [1.165, 1.54) is 0 Å². The first-order valence-corrected chi connectivity index (χ1v) is 8.86. The lowest BCUT2D eigenvalue weighted by Crippen LogP contribution is -2.37. The molecule has 0 bridgehead atoms. The third-order valence-electron chi connectivity index (χ3n) is 4.43. The number of H-pyrrole nitrogens is 1. The molecule has 3 N–H and O–H groups in total. The van der Waals surface area contributed by atoms with Gasteiger partial charge in [-0.25, -0.2) is 0 Å². The van der Waals surface area contributed by atoms with Crippen LogP contribution < -0.4 is 10.6 Å². The molecule has 0 fully saturated rings. The van der Waals surface area contributed by atoms with E-state index in [-0.39, 0.29) is 11.8 Å². The van der Waals surface area contributed by atoms with E-state index in [0.29, 0.717) is 22.3 Å². The van der Waals surface area contributed by atoms with Crippen molar-refractivity contribution >= 4 is 28.4 Å². The molecule has 0 aliphatic rings. The molecule has 138 valence electrons. The van der Waals surface area contributed by atoms with E-state index in [1.54, 1.807) is 30.5 Å². The van der Waals surface area contributed by atoms with Crippen molar-refractivity contribution in [2.45, 2.75) is 6.04 Å². The van der Waals surface area contributed by atoms with Crippen molar-refractivity contribution in [3.05, 3.63) is 96.2 Å². The second kappa shape index (κ2) is 7.75. The maximum absolute atomic E-state index is 13.0. The van der Waals surface area contributed by atoms with Crippen molar-refractivity contribution in [2.75, 3.05) is 5.32 Å². The fourth-order valence-electron chi connectivity index (χ4n) is 3.05. The first-order valence-electron chi connectivity index (χ1n) is 8.86. The largest absolute Gasteiger partial charge is 0.336 e. The van der Waals surface area contributed by atoms with E-state index >= 15 is 0 Å². The normalized spacial score (nSPS) is 11.7. The lowest BCUT2D eigenvalue weighted by atomic mass is 10.0. The van der Waals surface area contributed by atoms with Crippen LogP contribution in [-0.4, -0.2) is 22.0 Å². The number of carbonyl (C=O) groups is 2. The number of amides is 2. The van der Waals surface area contributed by atoms with Gasteiger partial charge in [-0.3, -0.25) is 14.7 Å². The van der Waals surface area contributed by atoms with E-state index < -0.39 is 6.04 Å². The van der Waals surface area contributed by atoms with Gasteiger partial charge in [-0.15, -0.1) is 0 Å². The summed E-state index contributed by atoms with van der Waals surface area (Å²) in [5.74, 6) is -0.672. The molecule has 1 unspecified atom stereocenters. The third kappa shape index (κ3) is 3.61. The number of carbonyl (C=O) groups excluding carboxylic acids is 2. The van der Waals surface area contributed by atoms with Gasteiger partial charge in [0.1, 0.15) is 6.04 Å². The average molecular weight is 370 g/mol. The molecule has 3 aromatic carbocycles. The summed E-state index contributed by atoms with van der Waals surface area (Å²) in [7, 11) is 0. The Balaban J connectivity index is 1.63. The van der Waals surface area contributed by atoms with Gasteiger partial charge < -0.3 is 10.6 Å². The number of para-hydroxylation sites is 2. The van der Waals surface area contributed by atoms with E-state index in [4.69, 9.17) is 0 Å². The topological polar surface area (TPSA) is 86.9 Å². The third-order valence-corrected chi connectivity index (χ3v) is 4.43. The Kier molecular flexibility index (Phi) is 4.84. The van der Waals surface area contributed by atoms with Gasteiger partial charge in [0, 0.05) is 11.1 Å². The smallest absolute Gasteiger partial charge is 0.254 e. The summed E-state index contributed by atoms with van der Waals surface area (Å²) in [6.45, 7) is 0. The standard InChI is InChI=1S/C22H18N4O2/c27-21(18-13-7-10-16-14-23-26-19(16)18)25-20(15-8-3-1-4-9-15)22(28)24-17-11-5-2-6-12-17/h1-14,20H,(H,23,26)(H,24,28)(H,25,27). The van der Waals surface area contributed by atoms with E-state index in [2.05, 4.69) is 20.8 Å². The van der Waals surface area contributed by atoms with Gasteiger partial charge in [-0.1, -0.05) is 60.7 Å². The summed E-state index contributed by atoms with van der Waals surface area (Å²) in [6.07, 6.45) is 1.66. The minimum Gasteiger partial charge on any atom is -0.336 e. The fourth-order valence-corrected chi connectivity index (χ4v) is 3.05. The molecule has 0 aliphatic carbocycles. The average Bonchev–Trinajstić information content (AvgIpc) is 3.22. The summed E-state index contributed by atoms with van der Waals surface area (Å²) in [6, 6.07) is 22.8. The van der Waals surface area contributed by atoms with Gasteiger partial charge in [0.25, 0.3) is 11.8 Å². The van der Waals surface area contributed by atoms with Gasteiger partial charge in [0.05, 0.1) is 17.3 Å². The summed E-state index contributed by atoms with van der Waals surface area (Å²) in [5, 5.41) is 13.4. The number of aromatic nitrogens is 2. The van der Waals surface area contributed by atoms with Crippen molar-refractivity contribution in [3.8, 4) is 0 Å². The summed E-state index contributed by atoms with van der Waals surface area (Å²) in [5.41, 5.74) is 2.43. The number of fused-ring (bicyclic) bond motifs is 1. The van der Waals surface area contributed by atoms with Crippen LogP contribution in [0.2, 0.25) is 0 Å². The molecular formula is C22H18N4O2. The number of hydrogen-bond acceptors (Lipinski definition) is 3. The Bertz CT molecular complexity index is 1110. The molecule has 4 rings (SSSR count). The zero-order valence-corrected chi connectivity index (χ0v) is 14.9. The summed E-state index contributed by atoms with van der Waals surface area (Å²) in [4.78, 5) is 25.9. The molecule has 1 heterocycles. The molecule has 4 aromatic rings. The molecule has 0 saturated heterocycles. The van der Waals surface area contributed by atoms with Gasteiger partial charge >= 0.3 is 0 Å². The fraction of sp³-hybridized carbons (Fsp3) is 0.0455. The second-order valence-electron chi connectivity index (χ2n) is 6.31. The van der Waals surface area contributed by atoms with Crippen molar-refractivity contribution in [3.63, 3.8) is 0 Å². The highest BCUT2D eigenvalue weighted by Crippen LogP contribution is 2.20. The Hall–Kier alpha value is -3.93. The second-order valence-corrected chi connectivity index (χ2v) is 6.31. The highest BCUT2D eigenvalue weighted by molar-refractivity contribution is 6.07. The van der Waals surface area contributed by atoms with Crippen LogP contribution in [0, 0.1) is 0 Å². The lowest BCUT2D eigenvalue weighted by Gasteiger charge is -2.19. The van der Waals surface area contributed by atoms with Crippen molar-refractivity contribution in [1.29, 1.82) is 0 Å². The van der Waals surface area contributed by atoms with Crippen LogP contribution in [0.3, 0.4) is 0 Å². The first-order chi connectivity index (χ1) is 13.7. The zero-order valence-electron chi connectivity index (χ0n) is 14.9. The van der Waals surface area contributed by atoms with Crippen LogP contribution in [0.4, 0.5) is 5.69 Å². The molecule has 1 atom stereocenters. The Morgan fingerprint density at radius 1 is 0.857 bits per heavy atom. The van der Waals surface area contributed by atoms with Gasteiger partial charge in [0.15, 0.2) is 0 Å². The molecule has 0 saturated carbocycles. The minimum absolute atomic E-state index is 0.317. The molecule has 1 aromatic heterocycles. The SMILES string of the molecule is O=C(NC(C(=O)Nc1ccccc1)c1ccccc1)c1cccc2cn[nH]c12. The molecule has 2 amide bonds. The van der Waals surface area contributed by atoms with Gasteiger partial charge in [-0.2, -0.15) is 5.10 Å². The van der Waals surface area contributed by atoms with Gasteiger partial charge in [0.2, 0.25) is 0 Å². The van der Waals surface area contributed by atoms with Crippen LogP contribution in [0.1, 0.15) is 22.0 Å². The Morgan fingerprint density at radius 2 is 1.57 bits per heavy atom. The predicted octanol–water partition coefficient (Wildman–Crippen LogP) is 3.67. The van der Waals surface area contributed by atoms with Crippen LogP contribution in [0.5, 0.6) is 0 Å². The van der Waals surface area contributed by atoms with E-state index in [9.17, 15) is 9.59 Å². The molecule has 6 heteroatoms. The van der Waals surface area contributed by atoms with Crippen LogP contribution in [-0.2, 0) is 4.79 Å². The highest BCUT2D eigenvalue weighted by atomic mass is 16.2. The number of aromatic amines is 1. The van der Waals surface area contributed by atoms with Crippen LogP contribution >= 0.6 is 0 Å². The lowest BCUT2D eigenvalue weighted by molar-refractivity contribution is -0.118. The van der Waals surface area contributed by atoms with Crippen LogP contribution in [0.15, 0.2) is 85.1 Å². The monoisotopic (exact) mass is 370 g/mol. The Labute approximate surface area is 161 Å². The summed E-state index contributed by atoms with van der Waals surface area (Å²) < 4.78 is 0. The van der Waals surface area contributed by atoms with Crippen molar-refractivity contribution in [1.82, 2.24) is 15.5 Å². The number of nitrogens with one attached hydrogen (secondary N) is 3. The predicted molar refractivity (Wildman–Crippen MR) is 108 cm³/mol. The maximum Gasteiger partial charge on any atom is 0.254 e. The maximum atomic E-state index is 13.0. The van der Waals surface area contributed by atoms with E-state index in [1.807, 2.05) is 54.6 Å². The van der Waals surface area contributed by atoms with Gasteiger partial charge in [-0.05, 0) is 23.8 Å². The number of benzene rings is 3. The van der Waals surface area contributed by atoms with Crippen molar-refractivity contribution in [2.24, 2.45) is 0 Å². The number of rotatable bonds is 5. The molecule has 0 aliphatic heterocycles. The minimum atomic E-state index is -0.841. The molecule has 28 heavy (non-hydrogen) atoms. The zero-order chi connectivity index (χ0) is 19.3. The quantitative estimate of drug-likeness (QED) is 0.501. The molecule has 0 radical (unpaired) electrons. The molecular weight excluding hydrogens is 352 g/mol. The van der Waals surface area contributed by atoms with Crippen LogP contribution in [0.25, 0.3) is 10.9 Å². The first kappa shape index (κ1) is 17.5. The Morgan fingerprint density at radius 3 is 2.32 bits per heavy atom.